The fraction of sp³-hybridized carbons (Fsp3) is 0.0667. The first-order valence-corrected chi connectivity index (χ1v) is 7.29. The molecule has 3 N–H and O–H groups in total. The van der Waals surface area contributed by atoms with Crippen LogP contribution in [0.5, 0.6) is 0 Å². The molecule has 120 valence electrons. The van der Waals surface area contributed by atoms with Gasteiger partial charge in [0.2, 0.25) is 0 Å². The average molecular weight is 354 g/mol. The number of hydrazine groups is 1. The molecule has 2 aromatic carbocycles. The molecule has 8 heteroatoms. The second kappa shape index (κ2) is 8.38. The number of carbonyl (C=O) groups excluding carboxylic acids is 2. The van der Waals surface area contributed by atoms with E-state index in [1.54, 1.807) is 12.1 Å². The van der Waals surface area contributed by atoms with Gasteiger partial charge < -0.3 is 0 Å². The van der Waals surface area contributed by atoms with E-state index in [1.165, 1.54) is 6.07 Å². The zero-order valence-electron chi connectivity index (χ0n) is 11.8. The molecule has 0 unspecified atom stereocenters. The largest absolute Gasteiger partial charge is 0.334 e. The third-order valence-electron chi connectivity index (χ3n) is 2.69. The first-order valence-electron chi connectivity index (χ1n) is 6.53. The summed E-state index contributed by atoms with van der Waals surface area (Å²) in [5.41, 5.74) is 8.03. The normalized spacial score (nSPS) is 10.0. The molecule has 0 aliphatic heterocycles. The van der Waals surface area contributed by atoms with Crippen molar-refractivity contribution < 1.29 is 14.4 Å². The standard InChI is InChI=1S/C15H13Cl2N3O3/c16-11-6-7-13(12(17)8-11)18-19-14(21)15(22)20-23-9-10-4-2-1-3-5-10/h1-8,18H,9H2,(H,19,21)(H,20,22). The molecule has 0 spiro atoms. The highest BCUT2D eigenvalue weighted by molar-refractivity contribution is 6.37. The SMILES string of the molecule is O=C(NNc1ccc(Cl)cc1Cl)C(=O)NOCc1ccccc1. The molecule has 0 fully saturated rings. The Balaban J connectivity index is 1.75. The molecule has 0 heterocycles. The number of halogens is 2. The molecule has 0 aliphatic rings. The van der Waals surface area contributed by atoms with Gasteiger partial charge in [0.15, 0.2) is 0 Å². The third-order valence-corrected chi connectivity index (χ3v) is 3.24. The smallest absolute Gasteiger partial charge is 0.297 e. The van der Waals surface area contributed by atoms with E-state index < -0.39 is 11.8 Å². The van der Waals surface area contributed by atoms with E-state index in [2.05, 4.69) is 10.9 Å². The van der Waals surface area contributed by atoms with Crippen molar-refractivity contribution in [3.8, 4) is 0 Å². The van der Waals surface area contributed by atoms with Crippen molar-refractivity contribution in [2.24, 2.45) is 0 Å². The Kier molecular flexibility index (Phi) is 6.22. The summed E-state index contributed by atoms with van der Waals surface area (Å²) in [6.07, 6.45) is 0. The minimum Gasteiger partial charge on any atom is -0.297 e. The lowest BCUT2D eigenvalue weighted by molar-refractivity contribution is -0.147. The van der Waals surface area contributed by atoms with Crippen LogP contribution in [0.15, 0.2) is 48.5 Å². The summed E-state index contributed by atoms with van der Waals surface area (Å²) in [4.78, 5) is 28.1. The lowest BCUT2D eigenvalue weighted by Gasteiger charge is -2.10. The summed E-state index contributed by atoms with van der Waals surface area (Å²) < 4.78 is 0. The molecule has 6 nitrogen and oxygen atoms in total. The van der Waals surface area contributed by atoms with E-state index in [0.717, 1.165) is 5.56 Å². The Morgan fingerprint density at radius 1 is 1.00 bits per heavy atom. The Morgan fingerprint density at radius 3 is 2.43 bits per heavy atom. The van der Waals surface area contributed by atoms with Gasteiger partial charge in [-0.05, 0) is 23.8 Å². The summed E-state index contributed by atoms with van der Waals surface area (Å²) in [5.74, 6) is -1.87. The van der Waals surface area contributed by atoms with Crippen LogP contribution < -0.4 is 16.3 Å². The number of anilines is 1. The number of carbonyl (C=O) groups is 2. The zero-order valence-corrected chi connectivity index (χ0v) is 13.3. The Bertz CT molecular complexity index is 696. The Labute approximate surface area is 142 Å². The van der Waals surface area contributed by atoms with Gasteiger partial charge in [-0.25, -0.2) is 5.48 Å². The van der Waals surface area contributed by atoms with Crippen molar-refractivity contribution in [1.82, 2.24) is 10.9 Å². The van der Waals surface area contributed by atoms with Crippen LogP contribution in [0.1, 0.15) is 5.56 Å². The lowest BCUT2D eigenvalue weighted by atomic mass is 10.2. The van der Waals surface area contributed by atoms with Crippen LogP contribution in [0.2, 0.25) is 10.0 Å². The number of hydrogen-bond acceptors (Lipinski definition) is 4. The van der Waals surface area contributed by atoms with Crippen molar-refractivity contribution in [3.63, 3.8) is 0 Å². The van der Waals surface area contributed by atoms with Crippen molar-refractivity contribution in [2.45, 2.75) is 6.61 Å². The summed E-state index contributed by atoms with van der Waals surface area (Å²) in [7, 11) is 0. The summed E-state index contributed by atoms with van der Waals surface area (Å²) in [6.45, 7) is 0.149. The van der Waals surface area contributed by atoms with E-state index in [-0.39, 0.29) is 6.61 Å². The molecule has 2 amide bonds. The van der Waals surface area contributed by atoms with Gasteiger partial charge in [-0.3, -0.25) is 25.3 Å². The van der Waals surface area contributed by atoms with Crippen molar-refractivity contribution >= 4 is 40.7 Å². The second-order valence-corrected chi connectivity index (χ2v) is 5.25. The number of nitrogens with one attached hydrogen (secondary N) is 3. The summed E-state index contributed by atoms with van der Waals surface area (Å²) in [6, 6.07) is 13.9. The number of amides is 2. The van der Waals surface area contributed by atoms with E-state index in [0.29, 0.717) is 15.7 Å². The first-order chi connectivity index (χ1) is 11.1. The molecule has 0 saturated carbocycles. The fourth-order valence-electron chi connectivity index (χ4n) is 1.58. The van der Waals surface area contributed by atoms with Crippen molar-refractivity contribution in [3.05, 3.63) is 64.1 Å². The van der Waals surface area contributed by atoms with E-state index in [4.69, 9.17) is 28.0 Å². The number of benzene rings is 2. The topological polar surface area (TPSA) is 79.5 Å². The van der Waals surface area contributed by atoms with Crippen LogP contribution in [-0.4, -0.2) is 11.8 Å². The maximum Gasteiger partial charge on any atom is 0.334 e. The first kappa shape index (κ1) is 17.1. The lowest BCUT2D eigenvalue weighted by Crippen LogP contribution is -2.42. The van der Waals surface area contributed by atoms with Crippen LogP contribution in [0, 0.1) is 0 Å². The van der Waals surface area contributed by atoms with Crippen LogP contribution in [0.3, 0.4) is 0 Å². The number of hydrogen-bond donors (Lipinski definition) is 3. The quantitative estimate of drug-likeness (QED) is 0.570. The molecule has 0 aromatic heterocycles. The van der Waals surface area contributed by atoms with Crippen molar-refractivity contribution in [1.29, 1.82) is 0 Å². The van der Waals surface area contributed by atoms with E-state index in [1.807, 2.05) is 35.8 Å². The monoisotopic (exact) mass is 353 g/mol. The highest BCUT2D eigenvalue weighted by Crippen LogP contribution is 2.24. The minimum absolute atomic E-state index is 0.149. The Hall–Kier alpha value is -2.28. The zero-order chi connectivity index (χ0) is 16.7. The highest BCUT2D eigenvalue weighted by atomic mass is 35.5. The highest BCUT2D eigenvalue weighted by Gasteiger charge is 2.13. The molecule has 0 bridgehead atoms. The summed E-state index contributed by atoms with van der Waals surface area (Å²) >= 11 is 11.7. The van der Waals surface area contributed by atoms with Gasteiger partial charge in [-0.1, -0.05) is 53.5 Å². The molecule has 23 heavy (non-hydrogen) atoms. The Morgan fingerprint density at radius 2 is 1.74 bits per heavy atom. The third kappa shape index (κ3) is 5.45. The molecule has 2 rings (SSSR count). The molecule has 0 aliphatic carbocycles. The van der Waals surface area contributed by atoms with Gasteiger partial charge in [-0.15, -0.1) is 0 Å². The van der Waals surface area contributed by atoms with E-state index in [9.17, 15) is 9.59 Å². The predicted molar refractivity (Wildman–Crippen MR) is 87.6 cm³/mol. The second-order valence-electron chi connectivity index (χ2n) is 4.41. The summed E-state index contributed by atoms with van der Waals surface area (Å²) in [5, 5.41) is 0.762. The molecule has 0 saturated heterocycles. The fourth-order valence-corrected chi connectivity index (χ4v) is 2.03. The van der Waals surface area contributed by atoms with Crippen LogP contribution in [0.25, 0.3) is 0 Å². The van der Waals surface area contributed by atoms with E-state index >= 15 is 0 Å². The van der Waals surface area contributed by atoms with Gasteiger partial charge >= 0.3 is 11.8 Å². The number of rotatable bonds is 5. The minimum atomic E-state index is -0.946. The average Bonchev–Trinajstić information content (AvgIpc) is 2.54. The van der Waals surface area contributed by atoms with Crippen molar-refractivity contribution in [2.75, 3.05) is 5.43 Å². The van der Waals surface area contributed by atoms with Crippen LogP contribution in [-0.2, 0) is 21.0 Å². The molecule has 0 atom stereocenters. The van der Waals surface area contributed by atoms with Gasteiger partial charge in [-0.2, -0.15) is 0 Å². The van der Waals surface area contributed by atoms with Crippen LogP contribution >= 0.6 is 23.2 Å². The maximum atomic E-state index is 11.6. The molecule has 0 radical (unpaired) electrons. The predicted octanol–water partition coefficient (Wildman–Crippen LogP) is 2.68. The van der Waals surface area contributed by atoms with Crippen LogP contribution in [0.4, 0.5) is 5.69 Å². The van der Waals surface area contributed by atoms with Gasteiger partial charge in [0.1, 0.15) is 0 Å². The number of hydroxylamine groups is 1. The molecule has 2 aromatic rings. The molecular formula is C15H13Cl2N3O3. The molecular weight excluding hydrogens is 341 g/mol. The van der Waals surface area contributed by atoms with Gasteiger partial charge in [0.25, 0.3) is 0 Å². The van der Waals surface area contributed by atoms with Gasteiger partial charge in [0.05, 0.1) is 17.3 Å². The maximum absolute atomic E-state index is 11.6. The van der Waals surface area contributed by atoms with Gasteiger partial charge in [0, 0.05) is 5.02 Å².